The maximum absolute atomic E-state index is 6.08. The van der Waals surface area contributed by atoms with Crippen LogP contribution in [0.2, 0.25) is 10.3 Å². The molecule has 1 aromatic heterocycles. The molecule has 1 aromatic rings. The van der Waals surface area contributed by atoms with Crippen LogP contribution in [0.1, 0.15) is 30.9 Å². The fourth-order valence-electron chi connectivity index (χ4n) is 1.72. The van der Waals surface area contributed by atoms with Crippen molar-refractivity contribution in [3.8, 4) is 0 Å². The van der Waals surface area contributed by atoms with Gasteiger partial charge >= 0.3 is 0 Å². The first kappa shape index (κ1) is 10.2. The number of nitrogens with two attached hydrogens (primary N) is 1. The van der Waals surface area contributed by atoms with Gasteiger partial charge in [-0.15, -0.1) is 0 Å². The summed E-state index contributed by atoms with van der Waals surface area (Å²) in [7, 11) is 0. The molecule has 1 aliphatic rings. The Morgan fingerprint density at radius 2 is 2.07 bits per heavy atom. The Bertz CT molecular complexity index is 337. The summed E-state index contributed by atoms with van der Waals surface area (Å²) in [5, 5.41) is 0.858. The first-order valence-corrected chi connectivity index (χ1v) is 5.51. The molecule has 1 aliphatic carbocycles. The molecule has 2 nitrogen and oxygen atoms in total. The number of hydrogen-bond donors (Lipinski definition) is 1. The van der Waals surface area contributed by atoms with Gasteiger partial charge in [0.15, 0.2) is 0 Å². The van der Waals surface area contributed by atoms with Gasteiger partial charge in [-0.2, -0.15) is 0 Å². The summed E-state index contributed by atoms with van der Waals surface area (Å²) in [4.78, 5) is 3.99. The van der Waals surface area contributed by atoms with Gasteiger partial charge in [-0.25, -0.2) is 4.98 Å². The molecule has 0 aliphatic heterocycles. The summed E-state index contributed by atoms with van der Waals surface area (Å²) < 4.78 is 0. The minimum atomic E-state index is 0.0148. The van der Waals surface area contributed by atoms with Crippen molar-refractivity contribution in [2.24, 2.45) is 11.7 Å². The molecule has 4 heteroatoms. The molecule has 2 N–H and O–H groups in total. The quantitative estimate of drug-likeness (QED) is 0.794. The maximum atomic E-state index is 6.08. The summed E-state index contributed by atoms with van der Waals surface area (Å²) in [5.74, 6) is 0.565. The Kier molecular flexibility index (Phi) is 2.96. The zero-order chi connectivity index (χ0) is 10.1. The molecule has 0 amide bonds. The molecule has 1 saturated carbocycles. The maximum Gasteiger partial charge on any atom is 0.135 e. The lowest BCUT2D eigenvalue weighted by atomic mass is 9.78. The van der Waals surface area contributed by atoms with Gasteiger partial charge in [0.05, 0.1) is 0 Å². The number of nitrogens with zero attached hydrogens (tertiary/aromatic N) is 1. The smallest absolute Gasteiger partial charge is 0.135 e. The van der Waals surface area contributed by atoms with E-state index in [9.17, 15) is 0 Å². The highest BCUT2D eigenvalue weighted by atomic mass is 35.5. The van der Waals surface area contributed by atoms with Gasteiger partial charge in [0, 0.05) is 11.6 Å². The standard InChI is InChI=1S/C10H12Cl2N2/c11-8-5-4-7(10(12)14-8)9(13)6-2-1-3-6/h4-6,9H,1-3,13H2/t9-/m1/s1. The van der Waals surface area contributed by atoms with E-state index in [2.05, 4.69) is 4.98 Å². The molecule has 1 heterocycles. The van der Waals surface area contributed by atoms with E-state index in [0.29, 0.717) is 16.2 Å². The molecule has 0 unspecified atom stereocenters. The molecular weight excluding hydrogens is 219 g/mol. The lowest BCUT2D eigenvalue weighted by Crippen LogP contribution is -2.27. The van der Waals surface area contributed by atoms with E-state index in [1.807, 2.05) is 6.07 Å². The van der Waals surface area contributed by atoms with Crippen LogP contribution < -0.4 is 5.73 Å². The van der Waals surface area contributed by atoms with E-state index >= 15 is 0 Å². The van der Waals surface area contributed by atoms with E-state index in [-0.39, 0.29) is 6.04 Å². The van der Waals surface area contributed by atoms with Crippen LogP contribution in [-0.4, -0.2) is 4.98 Å². The second-order valence-corrected chi connectivity index (χ2v) is 4.48. The van der Waals surface area contributed by atoms with Crippen LogP contribution in [0.5, 0.6) is 0 Å². The van der Waals surface area contributed by atoms with Crippen LogP contribution in [0.4, 0.5) is 0 Å². The Morgan fingerprint density at radius 1 is 1.36 bits per heavy atom. The van der Waals surface area contributed by atoms with Crippen LogP contribution in [0.3, 0.4) is 0 Å². The van der Waals surface area contributed by atoms with Crippen molar-refractivity contribution in [2.45, 2.75) is 25.3 Å². The van der Waals surface area contributed by atoms with Gasteiger partial charge in [-0.05, 0) is 24.8 Å². The summed E-state index contributed by atoms with van der Waals surface area (Å²) in [5.41, 5.74) is 7.00. The predicted molar refractivity (Wildman–Crippen MR) is 58.5 cm³/mol. The zero-order valence-electron chi connectivity index (χ0n) is 7.71. The van der Waals surface area contributed by atoms with Crippen LogP contribution in [0, 0.1) is 5.92 Å². The highest BCUT2D eigenvalue weighted by Crippen LogP contribution is 2.38. The molecule has 14 heavy (non-hydrogen) atoms. The third-order valence-corrected chi connectivity index (χ3v) is 3.37. The van der Waals surface area contributed by atoms with Gasteiger partial charge in [0.2, 0.25) is 0 Å². The minimum Gasteiger partial charge on any atom is -0.324 e. The molecule has 0 spiro atoms. The lowest BCUT2D eigenvalue weighted by Gasteiger charge is -2.31. The van der Waals surface area contributed by atoms with Gasteiger partial charge in [-0.3, -0.25) is 0 Å². The van der Waals surface area contributed by atoms with E-state index in [0.717, 1.165) is 5.56 Å². The minimum absolute atomic E-state index is 0.0148. The van der Waals surface area contributed by atoms with Gasteiger partial charge in [0.1, 0.15) is 10.3 Å². The van der Waals surface area contributed by atoms with Crippen molar-refractivity contribution in [1.82, 2.24) is 4.98 Å². The molecular formula is C10H12Cl2N2. The van der Waals surface area contributed by atoms with E-state index in [1.165, 1.54) is 19.3 Å². The third kappa shape index (κ3) is 1.88. The molecule has 1 atom stereocenters. The van der Waals surface area contributed by atoms with Crippen molar-refractivity contribution >= 4 is 23.2 Å². The molecule has 0 bridgehead atoms. The average Bonchev–Trinajstić information content (AvgIpc) is 2.00. The molecule has 2 rings (SSSR count). The topological polar surface area (TPSA) is 38.9 Å². The van der Waals surface area contributed by atoms with E-state index in [1.54, 1.807) is 6.07 Å². The van der Waals surface area contributed by atoms with Crippen molar-refractivity contribution in [3.05, 3.63) is 28.0 Å². The Morgan fingerprint density at radius 3 is 2.57 bits per heavy atom. The van der Waals surface area contributed by atoms with Crippen molar-refractivity contribution < 1.29 is 0 Å². The SMILES string of the molecule is N[C@@H](c1ccc(Cl)nc1Cl)C1CCC1. The van der Waals surface area contributed by atoms with Crippen LogP contribution in [0.25, 0.3) is 0 Å². The first-order valence-electron chi connectivity index (χ1n) is 4.76. The number of rotatable bonds is 2. The highest BCUT2D eigenvalue weighted by molar-refractivity contribution is 6.32. The third-order valence-electron chi connectivity index (χ3n) is 2.86. The fraction of sp³-hybridized carbons (Fsp3) is 0.500. The Hall–Kier alpha value is -0.310. The van der Waals surface area contributed by atoms with Crippen LogP contribution in [-0.2, 0) is 0 Å². The second-order valence-electron chi connectivity index (χ2n) is 3.73. The number of halogens is 2. The summed E-state index contributed by atoms with van der Waals surface area (Å²) >= 11 is 11.7. The van der Waals surface area contributed by atoms with Gasteiger partial charge in [0.25, 0.3) is 0 Å². The Labute approximate surface area is 93.4 Å². The van der Waals surface area contributed by atoms with Crippen LogP contribution >= 0.6 is 23.2 Å². The second kappa shape index (κ2) is 4.05. The normalized spacial score (nSPS) is 19.1. The van der Waals surface area contributed by atoms with Crippen LogP contribution in [0.15, 0.2) is 12.1 Å². The van der Waals surface area contributed by atoms with E-state index < -0.39 is 0 Å². The molecule has 76 valence electrons. The number of aromatic nitrogens is 1. The molecule has 1 fully saturated rings. The molecule has 0 radical (unpaired) electrons. The van der Waals surface area contributed by atoms with Gasteiger partial charge < -0.3 is 5.73 Å². The Balaban J connectivity index is 2.22. The van der Waals surface area contributed by atoms with E-state index in [4.69, 9.17) is 28.9 Å². The first-order chi connectivity index (χ1) is 6.68. The largest absolute Gasteiger partial charge is 0.324 e. The van der Waals surface area contributed by atoms with Crippen molar-refractivity contribution in [1.29, 1.82) is 0 Å². The summed E-state index contributed by atoms with van der Waals surface area (Å²) in [6, 6.07) is 3.63. The monoisotopic (exact) mass is 230 g/mol. The fourth-order valence-corrected chi connectivity index (χ4v) is 2.20. The number of hydrogen-bond acceptors (Lipinski definition) is 2. The van der Waals surface area contributed by atoms with Gasteiger partial charge in [-0.1, -0.05) is 35.7 Å². The van der Waals surface area contributed by atoms with Crippen molar-refractivity contribution in [2.75, 3.05) is 0 Å². The summed E-state index contributed by atoms with van der Waals surface area (Å²) in [6.07, 6.45) is 3.66. The molecule has 0 saturated heterocycles. The zero-order valence-corrected chi connectivity index (χ0v) is 9.22. The van der Waals surface area contributed by atoms with Crippen molar-refractivity contribution in [3.63, 3.8) is 0 Å². The lowest BCUT2D eigenvalue weighted by molar-refractivity contribution is 0.264. The number of pyridine rings is 1. The molecule has 0 aromatic carbocycles. The highest BCUT2D eigenvalue weighted by Gasteiger charge is 2.27. The predicted octanol–water partition coefficient (Wildman–Crippen LogP) is 3.19. The summed E-state index contributed by atoms with van der Waals surface area (Å²) in [6.45, 7) is 0. The average molecular weight is 231 g/mol.